The number of Topliss-reactive ketones (excluding diaryl/α,β-unsaturated/α-hetero) is 1. The number of halogens is 1. The second-order valence-corrected chi connectivity index (χ2v) is 8.07. The lowest BCUT2D eigenvalue weighted by Gasteiger charge is -2.10. The second kappa shape index (κ2) is 3.77. The van der Waals surface area contributed by atoms with Crippen molar-refractivity contribution in [3.05, 3.63) is 35.4 Å². The molecule has 0 saturated carbocycles. The lowest BCUT2D eigenvalue weighted by molar-refractivity contribution is -0.110. The summed E-state index contributed by atoms with van der Waals surface area (Å²) in [4.78, 5) is 11.8. The Morgan fingerprint density at radius 2 is 1.88 bits per heavy atom. The molecule has 1 aromatic rings. The number of allylic oxidation sites excluding steroid dienone is 1. The van der Waals surface area contributed by atoms with Crippen molar-refractivity contribution >= 4 is 45.8 Å². The van der Waals surface area contributed by atoms with Gasteiger partial charge in [0, 0.05) is 17.2 Å². The Balaban J connectivity index is 2.80. The molecule has 0 spiro atoms. The molecule has 0 fully saturated rings. The second-order valence-electron chi connectivity index (χ2n) is 3.27. The van der Waals surface area contributed by atoms with Gasteiger partial charge in [0.25, 0.3) is 5.78 Å². The minimum Gasteiger partial charge on any atom is -0.282 e. The van der Waals surface area contributed by atoms with Gasteiger partial charge in [-0.15, -0.1) is 0 Å². The van der Waals surface area contributed by atoms with Gasteiger partial charge in [0.15, 0.2) is 0 Å². The fourth-order valence-corrected chi connectivity index (χ4v) is 3.36. The molecular formula is C10H7INO3S+. The first-order chi connectivity index (χ1) is 7.41. The highest BCUT2D eigenvalue weighted by molar-refractivity contribution is 14.2. The summed E-state index contributed by atoms with van der Waals surface area (Å²) in [5.41, 5.74) is 0.865. The molecule has 1 aromatic carbocycles. The molecule has 0 unspecified atom stereocenters. The number of fused-ring (bicyclic) bond motifs is 1. The predicted molar refractivity (Wildman–Crippen MR) is 67.9 cm³/mol. The SMILES string of the molecule is [NH2+]=C1C=Cc2c(cccc2S(=O)(=O)I)C1=O. The molecule has 0 radical (unpaired) electrons. The van der Waals surface area contributed by atoms with E-state index in [2.05, 4.69) is 0 Å². The molecule has 0 heterocycles. The van der Waals surface area contributed by atoms with Crippen LogP contribution in [0.25, 0.3) is 6.08 Å². The lowest BCUT2D eigenvalue weighted by Crippen LogP contribution is -2.44. The molecule has 6 heteroatoms. The average molecular weight is 348 g/mol. The number of carbonyl (C=O) groups is 1. The molecule has 1 aliphatic rings. The summed E-state index contributed by atoms with van der Waals surface area (Å²) >= 11 is 1.35. The van der Waals surface area contributed by atoms with Crippen molar-refractivity contribution in [3.8, 4) is 0 Å². The van der Waals surface area contributed by atoms with E-state index in [1.165, 1.54) is 39.4 Å². The standard InChI is InChI=1S/C10H6INO3S/c11-16(14,15)9-3-1-2-7-6(9)4-5-8(12)10(7)13/h1-5,12H/p+1. The Hall–Kier alpha value is -1.02. The van der Waals surface area contributed by atoms with Gasteiger partial charge in [0.05, 0.1) is 26.1 Å². The molecular weight excluding hydrogens is 341 g/mol. The van der Waals surface area contributed by atoms with E-state index in [1.54, 1.807) is 12.1 Å². The van der Waals surface area contributed by atoms with Gasteiger partial charge in [-0.2, -0.15) is 0 Å². The molecule has 1 aliphatic carbocycles. The van der Waals surface area contributed by atoms with Gasteiger partial charge in [0.1, 0.15) is 0 Å². The summed E-state index contributed by atoms with van der Waals surface area (Å²) in [7, 11) is -3.37. The number of hydrogen-bond donors (Lipinski definition) is 1. The van der Waals surface area contributed by atoms with Crippen molar-refractivity contribution < 1.29 is 18.6 Å². The summed E-state index contributed by atoms with van der Waals surface area (Å²) in [6, 6.07) is 4.58. The van der Waals surface area contributed by atoms with Crippen LogP contribution in [0.3, 0.4) is 0 Å². The highest BCUT2D eigenvalue weighted by atomic mass is 127. The zero-order valence-corrected chi connectivity index (χ0v) is 10.9. The molecule has 0 aliphatic heterocycles. The van der Waals surface area contributed by atoms with Crippen LogP contribution in [0.15, 0.2) is 29.2 Å². The van der Waals surface area contributed by atoms with E-state index in [9.17, 15) is 13.2 Å². The monoisotopic (exact) mass is 348 g/mol. The van der Waals surface area contributed by atoms with Gasteiger partial charge in [-0.1, -0.05) is 12.1 Å². The molecule has 16 heavy (non-hydrogen) atoms. The Morgan fingerprint density at radius 1 is 1.19 bits per heavy atom. The Kier molecular flexibility index (Phi) is 2.70. The number of nitrogens with two attached hydrogens (primary N) is 1. The Labute approximate surface area is 104 Å². The van der Waals surface area contributed by atoms with Crippen molar-refractivity contribution in [3.63, 3.8) is 0 Å². The molecule has 82 valence electrons. The summed E-state index contributed by atoms with van der Waals surface area (Å²) < 4.78 is 23.0. The fourth-order valence-electron chi connectivity index (χ4n) is 1.53. The zero-order chi connectivity index (χ0) is 11.9. The van der Waals surface area contributed by atoms with Crippen LogP contribution in [0.5, 0.6) is 0 Å². The quantitative estimate of drug-likeness (QED) is 0.583. The van der Waals surface area contributed by atoms with E-state index < -0.39 is 7.01 Å². The van der Waals surface area contributed by atoms with Crippen LogP contribution < -0.4 is 5.41 Å². The maximum Gasteiger partial charge on any atom is 0.256 e. The van der Waals surface area contributed by atoms with Gasteiger partial charge < -0.3 is 0 Å². The van der Waals surface area contributed by atoms with Gasteiger partial charge in [-0.05, 0) is 12.1 Å². The van der Waals surface area contributed by atoms with Crippen LogP contribution in [0.1, 0.15) is 15.9 Å². The van der Waals surface area contributed by atoms with Crippen molar-refractivity contribution in [1.29, 1.82) is 0 Å². The molecule has 2 N–H and O–H groups in total. The first-order valence-corrected chi connectivity index (χ1v) is 8.37. The number of benzene rings is 1. The smallest absolute Gasteiger partial charge is 0.256 e. The third-order valence-electron chi connectivity index (χ3n) is 2.27. The maximum absolute atomic E-state index is 11.7. The van der Waals surface area contributed by atoms with E-state index in [0.29, 0.717) is 11.1 Å². The number of hydrogen-bond acceptors (Lipinski definition) is 3. The molecule has 4 nitrogen and oxygen atoms in total. The number of ketones is 1. The first kappa shape index (κ1) is 11.5. The molecule has 0 atom stereocenters. The Morgan fingerprint density at radius 3 is 2.50 bits per heavy atom. The molecule has 0 aromatic heterocycles. The molecule has 2 rings (SSSR count). The van der Waals surface area contributed by atoms with Crippen LogP contribution in [0.4, 0.5) is 0 Å². The minimum atomic E-state index is -3.37. The van der Waals surface area contributed by atoms with Gasteiger partial charge in [0.2, 0.25) is 12.7 Å². The van der Waals surface area contributed by atoms with Crippen molar-refractivity contribution in [2.24, 2.45) is 0 Å². The molecule has 0 amide bonds. The highest BCUT2D eigenvalue weighted by Gasteiger charge is 2.26. The predicted octanol–water partition coefficient (Wildman–Crippen LogP) is 0.220. The van der Waals surface area contributed by atoms with Crippen LogP contribution in [0, 0.1) is 0 Å². The average Bonchev–Trinajstić information content (AvgIpc) is 2.21. The van der Waals surface area contributed by atoms with E-state index in [-0.39, 0.29) is 16.4 Å². The summed E-state index contributed by atoms with van der Waals surface area (Å²) in [6.45, 7) is 0. The van der Waals surface area contributed by atoms with Gasteiger partial charge in [-0.3, -0.25) is 10.2 Å². The van der Waals surface area contributed by atoms with Crippen molar-refractivity contribution in [2.45, 2.75) is 4.90 Å². The van der Waals surface area contributed by atoms with Crippen LogP contribution >= 0.6 is 21.2 Å². The third kappa shape index (κ3) is 1.82. The van der Waals surface area contributed by atoms with Crippen molar-refractivity contribution in [1.82, 2.24) is 0 Å². The minimum absolute atomic E-state index is 0.121. The first-order valence-electron chi connectivity index (χ1n) is 4.34. The lowest BCUT2D eigenvalue weighted by atomic mass is 9.95. The summed E-state index contributed by atoms with van der Waals surface area (Å²) in [6.07, 6.45) is 2.98. The van der Waals surface area contributed by atoms with E-state index in [1.807, 2.05) is 0 Å². The highest BCUT2D eigenvalue weighted by Crippen LogP contribution is 2.28. The van der Waals surface area contributed by atoms with E-state index in [0.717, 1.165) is 0 Å². The number of rotatable bonds is 1. The summed E-state index contributed by atoms with van der Waals surface area (Å²) in [5, 5.41) is 5.48. The van der Waals surface area contributed by atoms with Crippen LogP contribution in [-0.4, -0.2) is 19.9 Å². The van der Waals surface area contributed by atoms with E-state index >= 15 is 0 Å². The normalized spacial score (nSPS) is 15.1. The molecule has 0 saturated heterocycles. The van der Waals surface area contributed by atoms with E-state index in [4.69, 9.17) is 5.41 Å². The topological polar surface area (TPSA) is 76.8 Å². The van der Waals surface area contributed by atoms with Crippen LogP contribution in [0.2, 0.25) is 0 Å². The molecule has 0 bridgehead atoms. The van der Waals surface area contributed by atoms with Gasteiger partial charge in [-0.25, -0.2) is 8.42 Å². The van der Waals surface area contributed by atoms with Gasteiger partial charge >= 0.3 is 0 Å². The largest absolute Gasteiger partial charge is 0.282 e. The number of carbonyl (C=O) groups excluding carboxylic acids is 1. The Bertz CT molecular complexity index is 631. The maximum atomic E-state index is 11.7. The zero-order valence-electron chi connectivity index (χ0n) is 7.98. The summed E-state index contributed by atoms with van der Waals surface area (Å²) in [5.74, 6) is -0.334. The fraction of sp³-hybridized carbons (Fsp3) is 0. The van der Waals surface area contributed by atoms with Crippen LogP contribution in [-0.2, 0) is 7.01 Å². The third-order valence-corrected chi connectivity index (χ3v) is 4.57. The van der Waals surface area contributed by atoms with Crippen molar-refractivity contribution in [2.75, 3.05) is 0 Å².